The number of amides is 1. The number of fused-ring (bicyclic) bond motifs is 1. The minimum atomic E-state index is -0.154. The van der Waals surface area contributed by atoms with E-state index in [0.717, 1.165) is 19.5 Å². The molecule has 0 spiro atoms. The van der Waals surface area contributed by atoms with Crippen LogP contribution in [-0.4, -0.2) is 67.3 Å². The second-order valence-corrected chi connectivity index (χ2v) is 5.95. The van der Waals surface area contributed by atoms with E-state index in [4.69, 9.17) is 4.74 Å². The number of nitrogens with one attached hydrogen (secondary N) is 1. The quantitative estimate of drug-likeness (QED) is 0.771. The third-order valence-electron chi connectivity index (χ3n) is 4.98. The Labute approximate surface area is 115 Å². The third kappa shape index (κ3) is 2.46. The van der Waals surface area contributed by atoms with Gasteiger partial charge in [0, 0.05) is 25.2 Å². The lowest BCUT2D eigenvalue weighted by Crippen LogP contribution is -2.67. The summed E-state index contributed by atoms with van der Waals surface area (Å²) in [7, 11) is 1.49. The molecule has 5 nitrogen and oxygen atoms in total. The van der Waals surface area contributed by atoms with E-state index in [-0.39, 0.29) is 6.09 Å². The van der Waals surface area contributed by atoms with Gasteiger partial charge in [0.15, 0.2) is 0 Å². The molecular formula is C14H25N3O2. The minimum Gasteiger partial charge on any atom is -0.453 e. The van der Waals surface area contributed by atoms with Crippen molar-refractivity contribution >= 4 is 6.09 Å². The Morgan fingerprint density at radius 2 is 1.84 bits per heavy atom. The van der Waals surface area contributed by atoms with Crippen LogP contribution in [0.3, 0.4) is 0 Å². The van der Waals surface area contributed by atoms with E-state index in [9.17, 15) is 4.79 Å². The number of piperazine rings is 1. The van der Waals surface area contributed by atoms with Crippen molar-refractivity contribution in [3.63, 3.8) is 0 Å². The fourth-order valence-electron chi connectivity index (χ4n) is 4.12. The predicted octanol–water partition coefficient (Wildman–Crippen LogP) is 1.04. The van der Waals surface area contributed by atoms with E-state index in [1.165, 1.54) is 45.9 Å². The van der Waals surface area contributed by atoms with E-state index in [0.29, 0.717) is 18.1 Å². The van der Waals surface area contributed by atoms with Gasteiger partial charge in [-0.25, -0.2) is 4.79 Å². The van der Waals surface area contributed by atoms with Gasteiger partial charge in [0.25, 0.3) is 0 Å². The second-order valence-electron chi connectivity index (χ2n) is 5.95. The second kappa shape index (κ2) is 5.67. The van der Waals surface area contributed by atoms with Crippen molar-refractivity contribution in [2.75, 3.05) is 33.3 Å². The number of rotatable bonds is 1. The number of methoxy groups -OCH3 is 1. The highest BCUT2D eigenvalue weighted by atomic mass is 16.5. The number of carbonyl (C=O) groups excluding carboxylic acids is 1. The smallest absolute Gasteiger partial charge is 0.409 e. The molecule has 0 radical (unpaired) electrons. The molecule has 1 amide bonds. The summed E-state index contributed by atoms with van der Waals surface area (Å²) in [6.45, 7) is 4.13. The van der Waals surface area contributed by atoms with Crippen LogP contribution in [0.2, 0.25) is 0 Å². The van der Waals surface area contributed by atoms with Crippen LogP contribution >= 0.6 is 0 Å². The van der Waals surface area contributed by atoms with Crippen LogP contribution in [0.5, 0.6) is 0 Å². The normalized spacial score (nSPS) is 36.1. The first-order chi connectivity index (χ1) is 9.31. The molecule has 1 saturated carbocycles. The van der Waals surface area contributed by atoms with Crippen molar-refractivity contribution in [3.8, 4) is 0 Å². The summed E-state index contributed by atoms with van der Waals surface area (Å²) in [4.78, 5) is 16.5. The van der Waals surface area contributed by atoms with Gasteiger partial charge < -0.3 is 15.0 Å². The van der Waals surface area contributed by atoms with Crippen LogP contribution in [0, 0.1) is 0 Å². The van der Waals surface area contributed by atoms with Crippen molar-refractivity contribution in [1.29, 1.82) is 0 Å². The molecule has 3 fully saturated rings. The van der Waals surface area contributed by atoms with Crippen molar-refractivity contribution in [2.24, 2.45) is 0 Å². The Bertz CT molecular complexity index is 331. The van der Waals surface area contributed by atoms with Gasteiger partial charge in [-0.2, -0.15) is 0 Å². The van der Waals surface area contributed by atoms with Crippen LogP contribution in [0.15, 0.2) is 0 Å². The zero-order chi connectivity index (χ0) is 13.2. The fourth-order valence-corrected chi connectivity index (χ4v) is 4.12. The Morgan fingerprint density at radius 3 is 2.58 bits per heavy atom. The van der Waals surface area contributed by atoms with Gasteiger partial charge in [0.1, 0.15) is 0 Å². The highest BCUT2D eigenvalue weighted by Gasteiger charge is 2.43. The predicted molar refractivity (Wildman–Crippen MR) is 73.1 cm³/mol. The monoisotopic (exact) mass is 267 g/mol. The SMILES string of the molecule is COC(=O)N1CCN[C@H]2[C@@H](N3CCCC3)CCC[C@@H]21. The van der Waals surface area contributed by atoms with Crippen LogP contribution in [-0.2, 0) is 4.74 Å². The highest BCUT2D eigenvalue weighted by Crippen LogP contribution is 2.31. The first kappa shape index (κ1) is 13.2. The van der Waals surface area contributed by atoms with E-state index in [1.807, 2.05) is 4.90 Å². The number of nitrogens with zero attached hydrogens (tertiary/aromatic N) is 2. The van der Waals surface area contributed by atoms with Crippen molar-refractivity contribution in [3.05, 3.63) is 0 Å². The van der Waals surface area contributed by atoms with E-state index in [2.05, 4.69) is 10.2 Å². The van der Waals surface area contributed by atoms with Gasteiger partial charge in [-0.3, -0.25) is 4.90 Å². The molecule has 1 N–H and O–H groups in total. The first-order valence-corrected chi connectivity index (χ1v) is 7.63. The van der Waals surface area contributed by atoms with Crippen LogP contribution in [0.25, 0.3) is 0 Å². The summed E-state index contributed by atoms with van der Waals surface area (Å²) in [6.07, 6.45) is 6.10. The largest absolute Gasteiger partial charge is 0.453 e. The molecule has 19 heavy (non-hydrogen) atoms. The summed E-state index contributed by atoms with van der Waals surface area (Å²) >= 11 is 0. The van der Waals surface area contributed by atoms with Crippen molar-refractivity contribution in [1.82, 2.24) is 15.1 Å². The highest BCUT2D eigenvalue weighted by molar-refractivity contribution is 5.68. The maximum absolute atomic E-state index is 11.9. The third-order valence-corrected chi connectivity index (χ3v) is 4.98. The minimum absolute atomic E-state index is 0.154. The molecule has 3 aliphatic rings. The molecule has 2 saturated heterocycles. The molecule has 3 rings (SSSR count). The zero-order valence-electron chi connectivity index (χ0n) is 11.8. The van der Waals surface area contributed by atoms with Crippen molar-refractivity contribution in [2.45, 2.75) is 50.2 Å². The van der Waals surface area contributed by atoms with Crippen LogP contribution in [0.1, 0.15) is 32.1 Å². The molecule has 0 bridgehead atoms. The van der Waals surface area contributed by atoms with Gasteiger partial charge >= 0.3 is 6.09 Å². The Morgan fingerprint density at radius 1 is 1.11 bits per heavy atom. The average Bonchev–Trinajstić information content (AvgIpc) is 2.99. The van der Waals surface area contributed by atoms with E-state index < -0.39 is 0 Å². The number of ether oxygens (including phenoxy) is 1. The van der Waals surface area contributed by atoms with Crippen LogP contribution < -0.4 is 5.32 Å². The molecule has 0 aromatic heterocycles. The molecule has 2 heterocycles. The fraction of sp³-hybridized carbons (Fsp3) is 0.929. The van der Waals surface area contributed by atoms with Gasteiger partial charge in [0.2, 0.25) is 0 Å². The van der Waals surface area contributed by atoms with Crippen molar-refractivity contribution < 1.29 is 9.53 Å². The maximum atomic E-state index is 11.9. The van der Waals surface area contributed by atoms with E-state index >= 15 is 0 Å². The molecule has 1 aliphatic carbocycles. The van der Waals surface area contributed by atoms with Gasteiger partial charge in [-0.05, 0) is 45.2 Å². The van der Waals surface area contributed by atoms with Gasteiger partial charge in [0.05, 0.1) is 13.2 Å². The average molecular weight is 267 g/mol. The summed E-state index contributed by atoms with van der Waals surface area (Å²) in [5.41, 5.74) is 0. The van der Waals surface area contributed by atoms with Crippen LogP contribution in [0.4, 0.5) is 4.79 Å². The summed E-state index contributed by atoms with van der Waals surface area (Å²) in [5.74, 6) is 0. The van der Waals surface area contributed by atoms with E-state index in [1.54, 1.807) is 0 Å². The molecule has 3 atom stereocenters. The summed E-state index contributed by atoms with van der Waals surface area (Å²) < 4.78 is 4.95. The molecule has 108 valence electrons. The lowest BCUT2D eigenvalue weighted by Gasteiger charge is -2.49. The summed E-state index contributed by atoms with van der Waals surface area (Å²) in [5, 5.41) is 3.67. The summed E-state index contributed by atoms with van der Waals surface area (Å²) in [6, 6.07) is 1.36. The topological polar surface area (TPSA) is 44.8 Å². The molecule has 0 aromatic carbocycles. The Hall–Kier alpha value is -0.810. The molecule has 5 heteroatoms. The Balaban J connectivity index is 1.74. The molecule has 2 aliphatic heterocycles. The zero-order valence-corrected chi connectivity index (χ0v) is 11.8. The number of likely N-dealkylation sites (tertiary alicyclic amines) is 1. The lowest BCUT2D eigenvalue weighted by atomic mass is 9.83. The molecule has 0 unspecified atom stereocenters. The molecular weight excluding hydrogens is 242 g/mol. The van der Waals surface area contributed by atoms with Gasteiger partial charge in [-0.15, -0.1) is 0 Å². The standard InChI is InChI=1S/C14H25N3O2/c1-19-14(18)17-10-7-15-13-11(5-4-6-12(13)17)16-8-2-3-9-16/h11-13,15H,2-10H2,1H3/t11-,12-,13-/m0/s1. The number of hydrogen-bond acceptors (Lipinski definition) is 4. The van der Waals surface area contributed by atoms with Gasteiger partial charge in [-0.1, -0.05) is 0 Å². The number of hydrogen-bond donors (Lipinski definition) is 1. The maximum Gasteiger partial charge on any atom is 0.409 e. The molecule has 0 aromatic rings. The lowest BCUT2D eigenvalue weighted by molar-refractivity contribution is 0.0286. The number of carbonyl (C=O) groups is 1. The Kier molecular flexibility index (Phi) is 3.93. The first-order valence-electron chi connectivity index (χ1n) is 7.63.